The Labute approximate surface area is 128 Å². The summed E-state index contributed by atoms with van der Waals surface area (Å²) in [6.07, 6.45) is 0.653. The van der Waals surface area contributed by atoms with Crippen molar-refractivity contribution in [2.24, 2.45) is 5.29 Å². The van der Waals surface area contributed by atoms with E-state index >= 15 is 0 Å². The van der Waals surface area contributed by atoms with E-state index < -0.39 is 0 Å². The van der Waals surface area contributed by atoms with Crippen LogP contribution in [-0.4, -0.2) is 12.1 Å². The monoisotopic (exact) mass is 308 g/mol. The molecule has 0 aliphatic rings. The first kappa shape index (κ1) is 14.8. The maximum absolute atomic E-state index is 10.9. The van der Waals surface area contributed by atoms with Gasteiger partial charge in [0.1, 0.15) is 0 Å². The average Bonchev–Trinajstić information content (AvgIpc) is 2.46. The second kappa shape index (κ2) is 6.73. The first-order valence-electron chi connectivity index (χ1n) is 6.16. The van der Waals surface area contributed by atoms with Crippen LogP contribution in [0.25, 0.3) is 0 Å². The lowest BCUT2D eigenvalue weighted by Gasteiger charge is -2.23. The van der Waals surface area contributed by atoms with E-state index in [0.29, 0.717) is 16.5 Å². The number of benzene rings is 2. The minimum Gasteiger partial charge on any atom is -0.256 e. The fraction of sp³-hybridized carbons (Fsp3) is 0.200. The summed E-state index contributed by atoms with van der Waals surface area (Å²) < 4.78 is 0. The molecule has 0 N–H and O–H groups in total. The Morgan fingerprint density at radius 3 is 2.40 bits per heavy atom. The Hall–Kier alpha value is -1.58. The highest BCUT2D eigenvalue weighted by Crippen LogP contribution is 2.26. The molecule has 2 rings (SSSR count). The number of likely N-dealkylation sites (N-methyl/N-ethyl adjacent to an activating group) is 1. The molecule has 0 spiro atoms. The molecule has 0 saturated heterocycles. The molecule has 0 aliphatic heterocycles. The molecule has 5 heteroatoms. The third-order valence-electron chi connectivity index (χ3n) is 3.16. The predicted molar refractivity (Wildman–Crippen MR) is 82.9 cm³/mol. The number of hydrogen-bond acceptors (Lipinski definition) is 2. The number of nitroso groups, excluding NO2 is 1. The van der Waals surface area contributed by atoms with Gasteiger partial charge in [-0.15, -0.1) is 4.91 Å². The third kappa shape index (κ3) is 3.71. The van der Waals surface area contributed by atoms with Crippen molar-refractivity contribution in [2.75, 3.05) is 7.05 Å². The lowest BCUT2D eigenvalue weighted by molar-refractivity contribution is 0.251. The van der Waals surface area contributed by atoms with E-state index in [1.54, 1.807) is 13.1 Å². The fourth-order valence-electron chi connectivity index (χ4n) is 2.08. The summed E-state index contributed by atoms with van der Waals surface area (Å²) in [7, 11) is 1.66. The van der Waals surface area contributed by atoms with Gasteiger partial charge in [-0.05, 0) is 41.8 Å². The second-order valence-corrected chi connectivity index (χ2v) is 5.43. The second-order valence-electron chi connectivity index (χ2n) is 4.56. The molecule has 0 aliphatic carbocycles. The normalized spacial score (nSPS) is 11.9. The summed E-state index contributed by atoms with van der Waals surface area (Å²) in [5.74, 6) is 0. The largest absolute Gasteiger partial charge is 0.256 e. The molecule has 0 amide bonds. The van der Waals surface area contributed by atoms with Gasteiger partial charge in [-0.25, -0.2) is 0 Å². The Morgan fingerprint density at radius 1 is 1.10 bits per heavy atom. The molecule has 0 fully saturated rings. The molecule has 20 heavy (non-hydrogen) atoms. The van der Waals surface area contributed by atoms with E-state index in [4.69, 9.17) is 23.2 Å². The van der Waals surface area contributed by atoms with Gasteiger partial charge in [-0.3, -0.25) is 5.01 Å². The van der Waals surface area contributed by atoms with Crippen LogP contribution in [0.1, 0.15) is 17.2 Å². The molecule has 1 atom stereocenters. The molecule has 2 aromatic carbocycles. The quantitative estimate of drug-likeness (QED) is 0.582. The van der Waals surface area contributed by atoms with Crippen LogP contribution >= 0.6 is 23.2 Å². The SMILES string of the molecule is CN(N=O)C(Cc1ccc(Cl)cc1)c1cccc(Cl)c1. The molecule has 0 heterocycles. The van der Waals surface area contributed by atoms with E-state index in [9.17, 15) is 4.91 Å². The van der Waals surface area contributed by atoms with E-state index in [0.717, 1.165) is 11.1 Å². The highest BCUT2D eigenvalue weighted by atomic mass is 35.5. The van der Waals surface area contributed by atoms with E-state index in [2.05, 4.69) is 5.29 Å². The van der Waals surface area contributed by atoms with E-state index in [1.165, 1.54) is 5.01 Å². The predicted octanol–water partition coefficient (Wildman–Crippen LogP) is 4.89. The zero-order valence-electron chi connectivity index (χ0n) is 11.0. The van der Waals surface area contributed by atoms with Gasteiger partial charge in [-0.2, -0.15) is 0 Å². The molecule has 2 aromatic rings. The van der Waals surface area contributed by atoms with Crippen molar-refractivity contribution >= 4 is 23.2 Å². The minimum atomic E-state index is -0.160. The van der Waals surface area contributed by atoms with Crippen molar-refractivity contribution in [2.45, 2.75) is 12.5 Å². The topological polar surface area (TPSA) is 32.7 Å². The van der Waals surface area contributed by atoms with Crippen LogP contribution in [0.5, 0.6) is 0 Å². The van der Waals surface area contributed by atoms with Gasteiger partial charge in [0.2, 0.25) is 0 Å². The van der Waals surface area contributed by atoms with Gasteiger partial charge < -0.3 is 0 Å². The Balaban J connectivity index is 2.28. The van der Waals surface area contributed by atoms with Crippen molar-refractivity contribution in [3.05, 3.63) is 74.6 Å². The smallest absolute Gasteiger partial charge is 0.0789 e. The first-order chi connectivity index (χ1) is 9.60. The standard InChI is InChI=1S/C15H14Cl2N2O/c1-19(18-20)15(12-3-2-4-14(17)10-12)9-11-5-7-13(16)8-6-11/h2-8,10,15H,9H2,1H3. The van der Waals surface area contributed by atoms with Crippen LogP contribution in [-0.2, 0) is 6.42 Å². The lowest BCUT2D eigenvalue weighted by atomic mass is 9.98. The van der Waals surface area contributed by atoms with Gasteiger partial charge in [0.25, 0.3) is 0 Å². The summed E-state index contributed by atoms with van der Waals surface area (Å²) in [4.78, 5) is 10.9. The summed E-state index contributed by atoms with van der Waals surface area (Å²) in [5.41, 5.74) is 2.03. The zero-order valence-corrected chi connectivity index (χ0v) is 12.5. The van der Waals surface area contributed by atoms with Crippen molar-refractivity contribution in [1.29, 1.82) is 0 Å². The highest BCUT2D eigenvalue weighted by molar-refractivity contribution is 6.30. The summed E-state index contributed by atoms with van der Waals surface area (Å²) >= 11 is 11.9. The molecule has 0 saturated carbocycles. The molecule has 0 radical (unpaired) electrons. The molecule has 104 valence electrons. The first-order valence-corrected chi connectivity index (χ1v) is 6.92. The molecule has 0 bridgehead atoms. The molecular weight excluding hydrogens is 295 g/mol. The van der Waals surface area contributed by atoms with Crippen molar-refractivity contribution in [3.8, 4) is 0 Å². The molecule has 1 unspecified atom stereocenters. The van der Waals surface area contributed by atoms with Crippen molar-refractivity contribution in [1.82, 2.24) is 5.01 Å². The van der Waals surface area contributed by atoms with Gasteiger partial charge in [-0.1, -0.05) is 47.5 Å². The molecule has 3 nitrogen and oxygen atoms in total. The number of nitrogens with zero attached hydrogens (tertiary/aromatic N) is 2. The van der Waals surface area contributed by atoms with Gasteiger partial charge in [0.05, 0.1) is 11.3 Å². The third-order valence-corrected chi connectivity index (χ3v) is 3.64. The maximum atomic E-state index is 10.9. The van der Waals surface area contributed by atoms with Crippen LogP contribution < -0.4 is 0 Å². The maximum Gasteiger partial charge on any atom is 0.0789 e. The number of rotatable bonds is 5. The number of hydrogen-bond donors (Lipinski definition) is 0. The Bertz CT molecular complexity index is 587. The fourth-order valence-corrected chi connectivity index (χ4v) is 2.40. The van der Waals surface area contributed by atoms with Crippen LogP contribution in [0.2, 0.25) is 10.0 Å². The van der Waals surface area contributed by atoms with Crippen molar-refractivity contribution in [3.63, 3.8) is 0 Å². The zero-order chi connectivity index (χ0) is 14.5. The summed E-state index contributed by atoms with van der Waals surface area (Å²) in [5, 5.41) is 5.76. The van der Waals surface area contributed by atoms with Crippen LogP contribution in [0.3, 0.4) is 0 Å². The van der Waals surface area contributed by atoms with Crippen LogP contribution in [0, 0.1) is 4.91 Å². The van der Waals surface area contributed by atoms with Gasteiger partial charge >= 0.3 is 0 Å². The van der Waals surface area contributed by atoms with Crippen LogP contribution in [0.15, 0.2) is 53.8 Å². The summed E-state index contributed by atoms with van der Waals surface area (Å²) in [6, 6.07) is 14.9. The molecular formula is C15H14Cl2N2O. The average molecular weight is 309 g/mol. The summed E-state index contributed by atoms with van der Waals surface area (Å²) in [6.45, 7) is 0. The van der Waals surface area contributed by atoms with E-state index in [-0.39, 0.29) is 6.04 Å². The van der Waals surface area contributed by atoms with Crippen molar-refractivity contribution < 1.29 is 0 Å². The highest BCUT2D eigenvalue weighted by Gasteiger charge is 2.18. The Morgan fingerprint density at radius 2 is 1.80 bits per heavy atom. The molecule has 0 aromatic heterocycles. The number of halogens is 2. The van der Waals surface area contributed by atoms with Crippen LogP contribution in [0.4, 0.5) is 0 Å². The van der Waals surface area contributed by atoms with Gasteiger partial charge in [0.15, 0.2) is 0 Å². The Kier molecular flexibility index (Phi) is 4.99. The van der Waals surface area contributed by atoms with Gasteiger partial charge in [0, 0.05) is 17.1 Å². The lowest BCUT2D eigenvalue weighted by Crippen LogP contribution is -2.20. The minimum absolute atomic E-state index is 0.160. The van der Waals surface area contributed by atoms with E-state index in [1.807, 2.05) is 42.5 Å².